The predicted octanol–water partition coefficient (Wildman–Crippen LogP) is 3.25. The van der Waals surface area contributed by atoms with Gasteiger partial charge in [0.2, 0.25) is 0 Å². The molecule has 1 aromatic carbocycles. The summed E-state index contributed by atoms with van der Waals surface area (Å²) in [5.74, 6) is 2.22. The van der Waals surface area contributed by atoms with Gasteiger partial charge in [0.05, 0.1) is 0 Å². The van der Waals surface area contributed by atoms with E-state index in [4.69, 9.17) is 0 Å². The summed E-state index contributed by atoms with van der Waals surface area (Å²) in [6.45, 7) is 4.23. The van der Waals surface area contributed by atoms with Crippen molar-refractivity contribution in [3.63, 3.8) is 0 Å². The van der Waals surface area contributed by atoms with Crippen molar-refractivity contribution in [1.82, 2.24) is 14.9 Å². The normalized spacial score (nSPS) is 10.9. The summed E-state index contributed by atoms with van der Waals surface area (Å²) in [4.78, 5) is 5.70. The van der Waals surface area contributed by atoms with E-state index in [1.54, 1.807) is 0 Å². The number of benzene rings is 1. The molecule has 0 amide bonds. The van der Waals surface area contributed by atoms with Gasteiger partial charge in [-0.15, -0.1) is 11.8 Å². The SMILES string of the molecule is CCCNCc1cccc(SCCc2nccn2C)c1. The van der Waals surface area contributed by atoms with E-state index in [2.05, 4.69) is 46.1 Å². The molecule has 0 unspecified atom stereocenters. The number of rotatable bonds is 8. The van der Waals surface area contributed by atoms with Gasteiger partial charge in [-0.25, -0.2) is 4.98 Å². The Kier molecular flexibility index (Phi) is 6.15. The average molecular weight is 289 g/mol. The Balaban J connectivity index is 1.80. The summed E-state index contributed by atoms with van der Waals surface area (Å²) < 4.78 is 2.09. The van der Waals surface area contributed by atoms with Crippen LogP contribution in [0.25, 0.3) is 0 Å². The molecule has 2 aromatic rings. The highest BCUT2D eigenvalue weighted by atomic mass is 32.2. The van der Waals surface area contributed by atoms with Crippen molar-refractivity contribution in [3.8, 4) is 0 Å². The maximum absolute atomic E-state index is 4.35. The fourth-order valence-electron chi connectivity index (χ4n) is 2.05. The second kappa shape index (κ2) is 8.12. The second-order valence-electron chi connectivity index (χ2n) is 4.88. The van der Waals surface area contributed by atoms with Gasteiger partial charge in [0.25, 0.3) is 0 Å². The molecule has 0 aliphatic heterocycles. The lowest BCUT2D eigenvalue weighted by atomic mass is 10.2. The van der Waals surface area contributed by atoms with Crippen LogP contribution in [0.3, 0.4) is 0 Å². The number of hydrogen-bond donors (Lipinski definition) is 1. The largest absolute Gasteiger partial charge is 0.338 e. The van der Waals surface area contributed by atoms with Gasteiger partial charge in [-0.2, -0.15) is 0 Å². The highest BCUT2D eigenvalue weighted by Crippen LogP contribution is 2.20. The van der Waals surface area contributed by atoms with E-state index in [0.717, 1.165) is 31.1 Å². The molecule has 108 valence electrons. The molecule has 1 N–H and O–H groups in total. The third kappa shape index (κ3) is 4.69. The van der Waals surface area contributed by atoms with Gasteiger partial charge in [-0.3, -0.25) is 0 Å². The number of thioether (sulfide) groups is 1. The fourth-order valence-corrected chi connectivity index (χ4v) is 2.98. The molecular weight excluding hydrogens is 266 g/mol. The van der Waals surface area contributed by atoms with E-state index in [1.807, 2.05) is 31.2 Å². The van der Waals surface area contributed by atoms with Crippen molar-refractivity contribution in [3.05, 3.63) is 48.0 Å². The summed E-state index contributed by atoms with van der Waals surface area (Å²) in [6, 6.07) is 8.80. The molecule has 0 saturated carbocycles. The van der Waals surface area contributed by atoms with Crippen molar-refractivity contribution < 1.29 is 0 Å². The minimum atomic E-state index is 0.960. The van der Waals surface area contributed by atoms with Crippen LogP contribution in [-0.2, 0) is 20.0 Å². The molecule has 0 bridgehead atoms. The zero-order valence-corrected chi connectivity index (χ0v) is 13.1. The highest BCUT2D eigenvalue weighted by molar-refractivity contribution is 7.99. The Morgan fingerprint density at radius 2 is 2.25 bits per heavy atom. The maximum Gasteiger partial charge on any atom is 0.109 e. The third-order valence-corrected chi connectivity index (χ3v) is 4.17. The summed E-state index contributed by atoms with van der Waals surface area (Å²) in [6.07, 6.45) is 6.05. The molecule has 1 heterocycles. The molecule has 0 fully saturated rings. The molecule has 0 atom stereocenters. The Morgan fingerprint density at radius 3 is 3.00 bits per heavy atom. The van der Waals surface area contributed by atoms with E-state index < -0.39 is 0 Å². The third-order valence-electron chi connectivity index (χ3n) is 3.17. The first kappa shape index (κ1) is 15.1. The lowest BCUT2D eigenvalue weighted by Gasteiger charge is -2.06. The van der Waals surface area contributed by atoms with E-state index in [1.165, 1.54) is 16.9 Å². The van der Waals surface area contributed by atoms with Crippen molar-refractivity contribution >= 4 is 11.8 Å². The first-order chi connectivity index (χ1) is 9.79. The minimum absolute atomic E-state index is 0.960. The molecule has 0 aliphatic rings. The predicted molar refractivity (Wildman–Crippen MR) is 86.1 cm³/mol. The van der Waals surface area contributed by atoms with Crippen molar-refractivity contribution in [2.45, 2.75) is 31.2 Å². The number of aryl methyl sites for hydroxylation is 2. The summed E-state index contributed by atoms with van der Waals surface area (Å²) in [5.41, 5.74) is 1.36. The van der Waals surface area contributed by atoms with Crippen molar-refractivity contribution in [2.24, 2.45) is 7.05 Å². The first-order valence-corrected chi connectivity index (χ1v) is 8.17. The van der Waals surface area contributed by atoms with Crippen LogP contribution in [0, 0.1) is 0 Å². The van der Waals surface area contributed by atoms with Crippen molar-refractivity contribution in [1.29, 1.82) is 0 Å². The number of hydrogen-bond acceptors (Lipinski definition) is 3. The Morgan fingerprint density at radius 1 is 1.35 bits per heavy atom. The zero-order chi connectivity index (χ0) is 14.2. The van der Waals surface area contributed by atoms with E-state index in [0.29, 0.717) is 0 Å². The van der Waals surface area contributed by atoms with E-state index >= 15 is 0 Å². The van der Waals surface area contributed by atoms with Crippen LogP contribution in [0.1, 0.15) is 24.7 Å². The molecule has 2 rings (SSSR count). The van der Waals surface area contributed by atoms with E-state index in [-0.39, 0.29) is 0 Å². The molecule has 3 nitrogen and oxygen atoms in total. The van der Waals surface area contributed by atoms with Crippen LogP contribution in [-0.4, -0.2) is 21.8 Å². The van der Waals surface area contributed by atoms with Gasteiger partial charge in [0, 0.05) is 43.1 Å². The highest BCUT2D eigenvalue weighted by Gasteiger charge is 2.01. The quantitative estimate of drug-likeness (QED) is 0.597. The summed E-state index contributed by atoms with van der Waals surface area (Å²) in [7, 11) is 2.05. The van der Waals surface area contributed by atoms with Crippen LogP contribution in [0.2, 0.25) is 0 Å². The van der Waals surface area contributed by atoms with Crippen LogP contribution in [0.5, 0.6) is 0 Å². The molecule has 0 aliphatic carbocycles. The van der Waals surface area contributed by atoms with Crippen LogP contribution >= 0.6 is 11.8 Å². The maximum atomic E-state index is 4.35. The number of nitrogens with zero attached hydrogens (tertiary/aromatic N) is 2. The average Bonchev–Trinajstić information content (AvgIpc) is 2.85. The molecule has 4 heteroatoms. The topological polar surface area (TPSA) is 29.9 Å². The smallest absolute Gasteiger partial charge is 0.109 e. The molecule has 0 saturated heterocycles. The van der Waals surface area contributed by atoms with Crippen molar-refractivity contribution in [2.75, 3.05) is 12.3 Å². The lowest BCUT2D eigenvalue weighted by Crippen LogP contribution is -2.13. The van der Waals surface area contributed by atoms with Gasteiger partial charge in [-0.1, -0.05) is 19.1 Å². The Labute approximate surface area is 125 Å². The molecule has 0 radical (unpaired) electrons. The van der Waals surface area contributed by atoms with Gasteiger partial charge in [0.15, 0.2) is 0 Å². The standard InChI is InChI=1S/C16H23N3S/c1-3-8-17-13-14-5-4-6-15(12-14)20-11-7-16-18-9-10-19(16)2/h4-6,9-10,12,17H,3,7-8,11,13H2,1-2H3. The minimum Gasteiger partial charge on any atom is -0.338 e. The molecule has 20 heavy (non-hydrogen) atoms. The summed E-state index contributed by atoms with van der Waals surface area (Å²) in [5, 5.41) is 3.44. The number of nitrogens with one attached hydrogen (secondary N) is 1. The van der Waals surface area contributed by atoms with E-state index in [9.17, 15) is 0 Å². The summed E-state index contributed by atoms with van der Waals surface area (Å²) >= 11 is 1.90. The molecular formula is C16H23N3S. The van der Waals surface area contributed by atoms with Crippen LogP contribution in [0.15, 0.2) is 41.6 Å². The van der Waals surface area contributed by atoms with Crippen LogP contribution < -0.4 is 5.32 Å². The molecule has 0 spiro atoms. The van der Waals surface area contributed by atoms with Gasteiger partial charge < -0.3 is 9.88 Å². The van der Waals surface area contributed by atoms with Gasteiger partial charge >= 0.3 is 0 Å². The zero-order valence-electron chi connectivity index (χ0n) is 12.3. The molecule has 1 aromatic heterocycles. The number of imidazole rings is 1. The lowest BCUT2D eigenvalue weighted by molar-refractivity contribution is 0.674. The Bertz CT molecular complexity index is 522. The van der Waals surface area contributed by atoms with Gasteiger partial charge in [-0.05, 0) is 30.7 Å². The fraction of sp³-hybridized carbons (Fsp3) is 0.438. The van der Waals surface area contributed by atoms with Gasteiger partial charge in [0.1, 0.15) is 5.82 Å². The first-order valence-electron chi connectivity index (χ1n) is 7.18. The monoisotopic (exact) mass is 289 g/mol. The van der Waals surface area contributed by atoms with Crippen LogP contribution in [0.4, 0.5) is 0 Å². The number of aromatic nitrogens is 2. The Hall–Kier alpha value is -1.26. The second-order valence-corrected chi connectivity index (χ2v) is 6.05.